The van der Waals surface area contributed by atoms with Crippen LogP contribution < -0.4 is 5.32 Å². The fourth-order valence-electron chi connectivity index (χ4n) is 2.69. The molecule has 3 aromatic rings. The van der Waals surface area contributed by atoms with Crippen LogP contribution in [-0.2, 0) is 4.74 Å². The van der Waals surface area contributed by atoms with Crippen molar-refractivity contribution in [2.45, 2.75) is 19.1 Å². The van der Waals surface area contributed by atoms with Crippen molar-refractivity contribution in [3.63, 3.8) is 0 Å². The van der Waals surface area contributed by atoms with Crippen molar-refractivity contribution in [3.05, 3.63) is 35.9 Å². The van der Waals surface area contributed by atoms with E-state index in [1.165, 1.54) is 0 Å². The molecule has 0 aliphatic carbocycles. The van der Waals surface area contributed by atoms with Crippen molar-refractivity contribution >= 4 is 34.3 Å². The summed E-state index contributed by atoms with van der Waals surface area (Å²) in [4.78, 5) is 12.9. The van der Waals surface area contributed by atoms with Gasteiger partial charge in [-0.1, -0.05) is 6.07 Å². The summed E-state index contributed by atoms with van der Waals surface area (Å²) < 4.78 is 7.56. The number of hydrogen-bond acceptors (Lipinski definition) is 6. The lowest BCUT2D eigenvalue weighted by atomic mass is 10.3. The van der Waals surface area contributed by atoms with Gasteiger partial charge in [0.1, 0.15) is 12.0 Å². The van der Waals surface area contributed by atoms with Gasteiger partial charge in [0.05, 0.1) is 6.33 Å². The zero-order valence-electron chi connectivity index (χ0n) is 12.1. The van der Waals surface area contributed by atoms with Crippen LogP contribution in [0.5, 0.6) is 5.75 Å². The highest BCUT2D eigenvalue weighted by Gasteiger charge is 2.22. The predicted octanol–water partition coefficient (Wildman–Crippen LogP) is 3.24. The smallest absolute Gasteiger partial charge is 0.226 e. The van der Waals surface area contributed by atoms with Crippen LogP contribution in [0.3, 0.4) is 0 Å². The summed E-state index contributed by atoms with van der Waals surface area (Å²) in [6.07, 6.45) is 3.55. The lowest BCUT2D eigenvalue weighted by Crippen LogP contribution is -2.07. The normalized spacial score (nSPS) is 17.7. The second-order valence-corrected chi connectivity index (χ2v) is 5.65. The number of halogens is 1. The fraction of sp³-hybridized carbons (Fsp3) is 0.267. The van der Waals surface area contributed by atoms with Gasteiger partial charge in [0.15, 0.2) is 17.0 Å². The standard InChI is InChI=1S/C15H14ClN5O2/c16-15-19-13(18-9-3-1-4-10(22)7-9)12-14(20-15)21(8-17-12)11-5-2-6-23-11/h1,3-4,7-8,11,22H,2,5-6H2,(H,18,19,20). The zero-order valence-corrected chi connectivity index (χ0v) is 12.9. The van der Waals surface area contributed by atoms with Crippen molar-refractivity contribution in [1.82, 2.24) is 19.5 Å². The molecule has 1 fully saturated rings. The average Bonchev–Trinajstić information content (AvgIpc) is 3.15. The van der Waals surface area contributed by atoms with Crippen LogP contribution in [0.1, 0.15) is 19.1 Å². The Morgan fingerprint density at radius 1 is 1.35 bits per heavy atom. The molecular weight excluding hydrogens is 318 g/mol. The number of rotatable bonds is 3. The lowest BCUT2D eigenvalue weighted by Gasteiger charge is -2.12. The van der Waals surface area contributed by atoms with E-state index in [1.807, 2.05) is 10.6 Å². The minimum Gasteiger partial charge on any atom is -0.508 e. The Hall–Kier alpha value is -2.38. The summed E-state index contributed by atoms with van der Waals surface area (Å²) in [6.45, 7) is 0.734. The van der Waals surface area contributed by atoms with Crippen LogP contribution in [0.25, 0.3) is 11.2 Å². The van der Waals surface area contributed by atoms with Gasteiger partial charge in [0, 0.05) is 18.4 Å². The second kappa shape index (κ2) is 5.68. The van der Waals surface area contributed by atoms with Gasteiger partial charge in [0.25, 0.3) is 0 Å². The molecule has 3 heterocycles. The summed E-state index contributed by atoms with van der Waals surface area (Å²) >= 11 is 6.06. The number of aromatic hydroxyl groups is 1. The number of imidazole rings is 1. The topological polar surface area (TPSA) is 85.1 Å². The van der Waals surface area contributed by atoms with Crippen LogP contribution in [-0.4, -0.2) is 31.2 Å². The molecule has 1 unspecified atom stereocenters. The third-order valence-corrected chi connectivity index (χ3v) is 3.89. The number of hydrogen-bond donors (Lipinski definition) is 2. The lowest BCUT2D eigenvalue weighted by molar-refractivity contribution is 0.0593. The van der Waals surface area contributed by atoms with E-state index in [9.17, 15) is 5.11 Å². The highest BCUT2D eigenvalue weighted by Crippen LogP contribution is 2.30. The summed E-state index contributed by atoms with van der Waals surface area (Å²) in [5, 5.41) is 12.8. The van der Waals surface area contributed by atoms with Gasteiger partial charge >= 0.3 is 0 Å². The largest absolute Gasteiger partial charge is 0.508 e. The predicted molar refractivity (Wildman–Crippen MR) is 85.9 cm³/mol. The van der Waals surface area contributed by atoms with Crippen LogP contribution in [0, 0.1) is 0 Å². The van der Waals surface area contributed by atoms with Crippen molar-refractivity contribution < 1.29 is 9.84 Å². The minimum atomic E-state index is -0.0698. The molecule has 23 heavy (non-hydrogen) atoms. The summed E-state index contributed by atoms with van der Waals surface area (Å²) in [7, 11) is 0. The monoisotopic (exact) mass is 331 g/mol. The van der Waals surface area contributed by atoms with Gasteiger partial charge in [-0.05, 0) is 36.6 Å². The van der Waals surface area contributed by atoms with Gasteiger partial charge in [-0.25, -0.2) is 4.98 Å². The average molecular weight is 332 g/mol. The van der Waals surface area contributed by atoms with Gasteiger partial charge in [-0.3, -0.25) is 4.57 Å². The number of phenolic OH excluding ortho intramolecular Hbond substituents is 1. The Balaban J connectivity index is 1.77. The first-order chi connectivity index (χ1) is 11.2. The molecular formula is C15H14ClN5O2. The Morgan fingerprint density at radius 3 is 3.04 bits per heavy atom. The third kappa shape index (κ3) is 2.69. The molecule has 0 radical (unpaired) electrons. The molecule has 0 spiro atoms. The molecule has 1 aliphatic rings. The van der Waals surface area contributed by atoms with Gasteiger partial charge in [0.2, 0.25) is 5.28 Å². The number of anilines is 2. The minimum absolute atomic E-state index is 0.0698. The van der Waals surface area contributed by atoms with E-state index in [0.717, 1.165) is 19.4 Å². The molecule has 2 N–H and O–H groups in total. The summed E-state index contributed by atoms with van der Waals surface area (Å²) in [5.41, 5.74) is 1.92. The molecule has 1 aliphatic heterocycles. The van der Waals surface area contributed by atoms with E-state index in [-0.39, 0.29) is 17.3 Å². The maximum absolute atomic E-state index is 9.57. The molecule has 0 saturated carbocycles. The Labute approximate surface area is 136 Å². The molecule has 0 amide bonds. The molecule has 1 aromatic carbocycles. The molecule has 4 rings (SSSR count). The van der Waals surface area contributed by atoms with Crippen molar-refractivity contribution in [3.8, 4) is 5.75 Å². The van der Waals surface area contributed by atoms with Crippen LogP contribution in [0.15, 0.2) is 30.6 Å². The number of aromatic nitrogens is 4. The van der Waals surface area contributed by atoms with E-state index in [1.54, 1.807) is 24.5 Å². The Kier molecular flexibility index (Phi) is 3.51. The number of fused-ring (bicyclic) bond motifs is 1. The number of nitrogens with zero attached hydrogens (tertiary/aromatic N) is 4. The molecule has 118 valence electrons. The Morgan fingerprint density at radius 2 is 2.26 bits per heavy atom. The zero-order chi connectivity index (χ0) is 15.8. The highest BCUT2D eigenvalue weighted by molar-refractivity contribution is 6.28. The first-order valence-corrected chi connectivity index (χ1v) is 7.66. The van der Waals surface area contributed by atoms with Gasteiger partial charge < -0.3 is 15.2 Å². The number of phenols is 1. The quantitative estimate of drug-likeness (QED) is 0.717. The first-order valence-electron chi connectivity index (χ1n) is 7.28. The van der Waals surface area contributed by atoms with Crippen LogP contribution in [0.4, 0.5) is 11.5 Å². The summed E-state index contributed by atoms with van der Waals surface area (Å²) in [5.74, 6) is 0.652. The summed E-state index contributed by atoms with van der Waals surface area (Å²) in [6, 6.07) is 6.75. The number of ether oxygens (including phenoxy) is 1. The Bertz CT molecular complexity index is 860. The molecule has 1 atom stereocenters. The van der Waals surface area contributed by atoms with E-state index >= 15 is 0 Å². The van der Waals surface area contributed by atoms with Crippen molar-refractivity contribution in [2.75, 3.05) is 11.9 Å². The maximum Gasteiger partial charge on any atom is 0.226 e. The SMILES string of the molecule is Oc1cccc(Nc2nc(Cl)nc3c2ncn3C2CCCO2)c1. The van der Waals surface area contributed by atoms with Crippen LogP contribution >= 0.6 is 11.6 Å². The molecule has 2 aromatic heterocycles. The molecule has 7 nitrogen and oxygen atoms in total. The number of nitrogens with one attached hydrogen (secondary N) is 1. The van der Waals surface area contributed by atoms with Crippen molar-refractivity contribution in [2.24, 2.45) is 0 Å². The van der Waals surface area contributed by atoms with Crippen molar-refractivity contribution in [1.29, 1.82) is 0 Å². The molecule has 8 heteroatoms. The molecule has 1 saturated heterocycles. The van der Waals surface area contributed by atoms with E-state index < -0.39 is 0 Å². The van der Waals surface area contributed by atoms with Gasteiger partial charge in [-0.15, -0.1) is 0 Å². The van der Waals surface area contributed by atoms with E-state index in [0.29, 0.717) is 22.7 Å². The van der Waals surface area contributed by atoms with E-state index in [4.69, 9.17) is 16.3 Å². The highest BCUT2D eigenvalue weighted by atomic mass is 35.5. The fourth-order valence-corrected chi connectivity index (χ4v) is 2.85. The van der Waals surface area contributed by atoms with E-state index in [2.05, 4.69) is 20.3 Å². The number of benzene rings is 1. The van der Waals surface area contributed by atoms with Gasteiger partial charge in [-0.2, -0.15) is 9.97 Å². The second-order valence-electron chi connectivity index (χ2n) is 5.31. The first kappa shape index (κ1) is 14.2. The van der Waals surface area contributed by atoms with Crippen LogP contribution in [0.2, 0.25) is 5.28 Å². The molecule has 0 bridgehead atoms. The maximum atomic E-state index is 9.57. The third-order valence-electron chi connectivity index (χ3n) is 3.72.